The summed E-state index contributed by atoms with van der Waals surface area (Å²) in [4.78, 5) is 17.1. The molecule has 0 aliphatic rings. The summed E-state index contributed by atoms with van der Waals surface area (Å²) in [5.41, 5.74) is 3.21. The van der Waals surface area contributed by atoms with E-state index in [-0.39, 0.29) is 5.56 Å². The third kappa shape index (κ3) is 3.42. The van der Waals surface area contributed by atoms with E-state index < -0.39 is 0 Å². The standard InChI is InChI=1S/C22H17N5O2S/c1-15-9-10-26-19(12-15)23-16(13-20(26)28)14-30-22-25-24-21(18-8-5-11-29-18)27(22)17-6-3-2-4-7-17/h2-13H,14H2,1H3. The van der Waals surface area contributed by atoms with E-state index in [1.54, 1.807) is 22.9 Å². The van der Waals surface area contributed by atoms with Gasteiger partial charge in [0.05, 0.1) is 12.0 Å². The van der Waals surface area contributed by atoms with E-state index in [0.717, 1.165) is 11.3 Å². The van der Waals surface area contributed by atoms with E-state index in [2.05, 4.69) is 15.2 Å². The zero-order chi connectivity index (χ0) is 20.5. The van der Waals surface area contributed by atoms with Gasteiger partial charge < -0.3 is 4.42 Å². The Labute approximate surface area is 176 Å². The van der Waals surface area contributed by atoms with Gasteiger partial charge in [-0.1, -0.05) is 30.0 Å². The van der Waals surface area contributed by atoms with Crippen LogP contribution in [0.25, 0.3) is 22.9 Å². The molecule has 0 atom stereocenters. The molecular weight excluding hydrogens is 398 g/mol. The van der Waals surface area contributed by atoms with Crippen molar-refractivity contribution < 1.29 is 4.42 Å². The van der Waals surface area contributed by atoms with Crippen LogP contribution in [0.2, 0.25) is 0 Å². The molecule has 0 fully saturated rings. The maximum atomic E-state index is 12.4. The molecule has 8 heteroatoms. The Balaban J connectivity index is 1.51. The Hall–Kier alpha value is -3.65. The smallest absolute Gasteiger partial charge is 0.258 e. The van der Waals surface area contributed by atoms with Crippen LogP contribution in [0.4, 0.5) is 0 Å². The van der Waals surface area contributed by atoms with Gasteiger partial charge in [0.25, 0.3) is 5.56 Å². The number of pyridine rings is 1. The number of hydrogen-bond acceptors (Lipinski definition) is 6. The van der Waals surface area contributed by atoms with Crippen LogP contribution < -0.4 is 5.56 Å². The summed E-state index contributed by atoms with van der Waals surface area (Å²) in [6.45, 7) is 1.98. The molecule has 5 aromatic rings. The molecule has 5 rings (SSSR count). The van der Waals surface area contributed by atoms with Crippen LogP contribution in [0.15, 0.2) is 87.5 Å². The zero-order valence-corrected chi connectivity index (χ0v) is 16.9. The molecule has 0 aliphatic carbocycles. The van der Waals surface area contributed by atoms with E-state index in [4.69, 9.17) is 4.42 Å². The Bertz CT molecular complexity index is 1370. The highest BCUT2D eigenvalue weighted by atomic mass is 32.2. The zero-order valence-electron chi connectivity index (χ0n) is 16.1. The number of thioether (sulfide) groups is 1. The van der Waals surface area contributed by atoms with Crippen LogP contribution in [0.5, 0.6) is 0 Å². The second kappa shape index (κ2) is 7.64. The molecule has 1 aromatic carbocycles. The highest BCUT2D eigenvalue weighted by Gasteiger charge is 2.18. The van der Waals surface area contributed by atoms with Gasteiger partial charge in [-0.05, 0) is 48.9 Å². The Morgan fingerprint density at radius 1 is 1.03 bits per heavy atom. The molecule has 0 unspecified atom stereocenters. The molecule has 7 nitrogen and oxygen atoms in total. The second-order valence-electron chi connectivity index (χ2n) is 6.76. The number of aryl methyl sites for hydroxylation is 1. The fourth-order valence-corrected chi connectivity index (χ4v) is 4.05. The average Bonchev–Trinajstić information content (AvgIpc) is 3.42. The van der Waals surface area contributed by atoms with E-state index in [0.29, 0.717) is 33.8 Å². The van der Waals surface area contributed by atoms with Crippen LogP contribution in [0.3, 0.4) is 0 Å². The first-order chi connectivity index (χ1) is 14.7. The fraction of sp³-hybridized carbons (Fsp3) is 0.0909. The Morgan fingerprint density at radius 2 is 1.90 bits per heavy atom. The molecule has 0 bridgehead atoms. The molecule has 30 heavy (non-hydrogen) atoms. The first kappa shape index (κ1) is 18.4. The minimum Gasteiger partial charge on any atom is -0.461 e. The van der Waals surface area contributed by atoms with Crippen molar-refractivity contribution in [3.8, 4) is 17.3 Å². The summed E-state index contributed by atoms with van der Waals surface area (Å²) in [6.07, 6.45) is 3.36. The maximum Gasteiger partial charge on any atom is 0.258 e. The van der Waals surface area contributed by atoms with E-state index >= 15 is 0 Å². The highest BCUT2D eigenvalue weighted by molar-refractivity contribution is 7.98. The van der Waals surface area contributed by atoms with Gasteiger partial charge in [0, 0.05) is 23.7 Å². The maximum absolute atomic E-state index is 12.4. The number of benzene rings is 1. The van der Waals surface area contributed by atoms with Gasteiger partial charge in [-0.3, -0.25) is 13.8 Å². The molecular formula is C22H17N5O2S. The van der Waals surface area contributed by atoms with Gasteiger partial charge in [-0.15, -0.1) is 10.2 Å². The van der Waals surface area contributed by atoms with Crippen molar-refractivity contribution in [1.82, 2.24) is 24.1 Å². The average molecular weight is 415 g/mol. The van der Waals surface area contributed by atoms with Gasteiger partial charge in [0.1, 0.15) is 5.65 Å². The third-order valence-corrected chi connectivity index (χ3v) is 5.58. The lowest BCUT2D eigenvalue weighted by Crippen LogP contribution is -2.15. The summed E-state index contributed by atoms with van der Waals surface area (Å²) in [5.74, 6) is 1.75. The van der Waals surface area contributed by atoms with Gasteiger partial charge in [-0.2, -0.15) is 0 Å². The monoisotopic (exact) mass is 415 g/mol. The first-order valence-corrected chi connectivity index (χ1v) is 10.3. The predicted octanol–water partition coefficient (Wildman–Crippen LogP) is 4.14. The molecule has 4 heterocycles. The van der Waals surface area contributed by atoms with Crippen molar-refractivity contribution in [2.75, 3.05) is 0 Å². The van der Waals surface area contributed by atoms with Crippen LogP contribution in [0, 0.1) is 6.92 Å². The van der Waals surface area contributed by atoms with E-state index in [1.165, 1.54) is 11.8 Å². The minimum atomic E-state index is -0.101. The van der Waals surface area contributed by atoms with Crippen molar-refractivity contribution in [3.63, 3.8) is 0 Å². The molecule has 0 radical (unpaired) electrons. The van der Waals surface area contributed by atoms with Crippen LogP contribution >= 0.6 is 11.8 Å². The second-order valence-corrected chi connectivity index (χ2v) is 7.70. The molecule has 0 amide bonds. The third-order valence-electron chi connectivity index (χ3n) is 4.61. The molecule has 0 saturated carbocycles. The van der Waals surface area contributed by atoms with Gasteiger partial charge in [0.2, 0.25) is 5.82 Å². The number of fused-ring (bicyclic) bond motifs is 1. The van der Waals surface area contributed by atoms with E-state index in [9.17, 15) is 4.79 Å². The van der Waals surface area contributed by atoms with Crippen LogP contribution in [0.1, 0.15) is 11.3 Å². The molecule has 0 saturated heterocycles. The fourth-order valence-electron chi connectivity index (χ4n) is 3.20. The van der Waals surface area contributed by atoms with Crippen molar-refractivity contribution in [1.29, 1.82) is 0 Å². The number of furan rings is 1. The van der Waals surface area contributed by atoms with Crippen molar-refractivity contribution in [2.45, 2.75) is 17.8 Å². The molecule has 0 N–H and O–H groups in total. The van der Waals surface area contributed by atoms with Crippen molar-refractivity contribution in [3.05, 3.63) is 94.7 Å². The number of hydrogen-bond donors (Lipinski definition) is 0. The lowest BCUT2D eigenvalue weighted by atomic mass is 10.3. The van der Waals surface area contributed by atoms with E-state index in [1.807, 2.05) is 66.1 Å². The lowest BCUT2D eigenvalue weighted by Gasteiger charge is -2.09. The predicted molar refractivity (Wildman–Crippen MR) is 115 cm³/mol. The molecule has 148 valence electrons. The number of aromatic nitrogens is 5. The Morgan fingerprint density at radius 3 is 2.70 bits per heavy atom. The lowest BCUT2D eigenvalue weighted by molar-refractivity contribution is 0.575. The normalized spacial score (nSPS) is 11.2. The molecule has 4 aromatic heterocycles. The van der Waals surface area contributed by atoms with Crippen molar-refractivity contribution >= 4 is 17.4 Å². The summed E-state index contributed by atoms with van der Waals surface area (Å²) in [7, 11) is 0. The van der Waals surface area contributed by atoms with Crippen LogP contribution in [-0.2, 0) is 5.75 Å². The highest BCUT2D eigenvalue weighted by Crippen LogP contribution is 2.29. The molecule has 0 spiro atoms. The topological polar surface area (TPSA) is 78.2 Å². The van der Waals surface area contributed by atoms with Crippen molar-refractivity contribution in [2.24, 2.45) is 0 Å². The first-order valence-electron chi connectivity index (χ1n) is 9.35. The van der Waals surface area contributed by atoms with Crippen LogP contribution in [-0.4, -0.2) is 24.1 Å². The quantitative estimate of drug-likeness (QED) is 0.402. The summed E-state index contributed by atoms with van der Waals surface area (Å²) in [6, 6.07) is 18.9. The summed E-state index contributed by atoms with van der Waals surface area (Å²) in [5, 5.41) is 9.40. The van der Waals surface area contributed by atoms with Gasteiger partial charge in [-0.25, -0.2) is 4.98 Å². The Kier molecular flexibility index (Phi) is 4.68. The van der Waals surface area contributed by atoms with Gasteiger partial charge >= 0.3 is 0 Å². The van der Waals surface area contributed by atoms with Gasteiger partial charge in [0.15, 0.2) is 10.9 Å². The number of para-hydroxylation sites is 1. The summed E-state index contributed by atoms with van der Waals surface area (Å²) >= 11 is 1.47. The largest absolute Gasteiger partial charge is 0.461 e. The minimum absolute atomic E-state index is 0.101. The number of nitrogens with zero attached hydrogens (tertiary/aromatic N) is 5. The number of rotatable bonds is 5. The summed E-state index contributed by atoms with van der Waals surface area (Å²) < 4.78 is 9.03. The molecule has 0 aliphatic heterocycles. The SMILES string of the molecule is Cc1ccn2c(=O)cc(CSc3nnc(-c4ccco4)n3-c3ccccc3)nc2c1.